The second-order valence-corrected chi connectivity index (χ2v) is 3.99. The lowest BCUT2D eigenvalue weighted by atomic mass is 10.1. The fourth-order valence-corrected chi connectivity index (χ4v) is 1.06. The predicted molar refractivity (Wildman–Crippen MR) is 62.5 cm³/mol. The molecule has 0 aromatic rings. The molecule has 0 bridgehead atoms. The van der Waals surface area contributed by atoms with Gasteiger partial charge >= 0.3 is 0 Å². The van der Waals surface area contributed by atoms with Crippen LogP contribution in [0.2, 0.25) is 0 Å². The summed E-state index contributed by atoms with van der Waals surface area (Å²) in [4.78, 5) is 0. The Hall–Kier alpha value is -0.0400. The highest BCUT2D eigenvalue weighted by atomic mass is 15.3. The molecule has 80 valence electrons. The van der Waals surface area contributed by atoms with Crippen molar-refractivity contribution in [2.24, 2.45) is 5.92 Å². The van der Waals surface area contributed by atoms with Crippen molar-refractivity contribution in [1.29, 1.82) is 0 Å². The van der Waals surface area contributed by atoms with E-state index in [-0.39, 0.29) is 22.3 Å². The van der Waals surface area contributed by atoms with Crippen molar-refractivity contribution in [2.75, 3.05) is 27.7 Å². The summed E-state index contributed by atoms with van der Waals surface area (Å²) < 4.78 is 1.09. The largest absolute Gasteiger partial charge is 0.331 e. The van der Waals surface area contributed by atoms with Gasteiger partial charge in [-0.3, -0.25) is 0 Å². The van der Waals surface area contributed by atoms with Crippen LogP contribution in [0.1, 0.15) is 42.5 Å². The molecule has 0 N–H and O–H groups in total. The fourth-order valence-electron chi connectivity index (χ4n) is 1.06. The van der Waals surface area contributed by atoms with Crippen molar-refractivity contribution >= 4 is 0 Å². The Kier molecular flexibility index (Phi) is 17.1. The van der Waals surface area contributed by atoms with Crippen LogP contribution in [0.15, 0.2) is 0 Å². The Balaban J connectivity index is -0.000000107. The molecule has 0 amide bonds. The summed E-state index contributed by atoms with van der Waals surface area (Å²) in [5, 5.41) is 0. The highest BCUT2D eigenvalue weighted by molar-refractivity contribution is 4.44. The van der Waals surface area contributed by atoms with Gasteiger partial charge in [0.2, 0.25) is 0 Å². The lowest BCUT2D eigenvalue weighted by Crippen LogP contribution is -2.38. The number of hydrogen-bond donors (Lipinski definition) is 0. The van der Waals surface area contributed by atoms with Crippen LogP contribution in [-0.2, 0) is 0 Å². The first-order valence-electron chi connectivity index (χ1n) is 3.76. The first-order chi connectivity index (χ1) is 3.95. The second kappa shape index (κ2) is 9.05. The van der Waals surface area contributed by atoms with Gasteiger partial charge in [-0.15, -0.1) is 0 Å². The summed E-state index contributed by atoms with van der Waals surface area (Å²) in [5.74, 6) is 0.866. The van der Waals surface area contributed by atoms with Gasteiger partial charge in [-0.2, -0.15) is 0 Å². The summed E-state index contributed by atoms with van der Waals surface area (Å²) in [6.45, 7) is 5.85. The first kappa shape index (κ1) is 22.7. The molecule has 0 aromatic carbocycles. The van der Waals surface area contributed by atoms with E-state index >= 15 is 0 Å². The van der Waals surface area contributed by atoms with E-state index in [0.29, 0.717) is 0 Å². The van der Waals surface area contributed by atoms with Gasteiger partial charge in [0.1, 0.15) is 0 Å². The SMILES string of the molecule is C.C.C.CCC(C)C[N+](C)(C)C. The molecule has 0 aliphatic heterocycles. The van der Waals surface area contributed by atoms with E-state index in [4.69, 9.17) is 0 Å². The topological polar surface area (TPSA) is 0 Å². The number of hydrogen-bond acceptors (Lipinski definition) is 0. The van der Waals surface area contributed by atoms with Crippen molar-refractivity contribution in [2.45, 2.75) is 42.5 Å². The van der Waals surface area contributed by atoms with Crippen molar-refractivity contribution in [3.8, 4) is 0 Å². The van der Waals surface area contributed by atoms with Crippen LogP contribution in [0, 0.1) is 5.92 Å². The monoisotopic (exact) mass is 178 g/mol. The molecule has 0 aliphatic rings. The standard InChI is InChI=1S/C8H20N.3CH4/c1-6-8(2)7-9(3,4)5;;;/h8H,6-7H2,1-5H3;3*1H4/q+1;;;. The molecule has 0 aromatic heterocycles. The number of quaternary nitrogens is 1. The maximum Gasteiger partial charge on any atom is 0.0806 e. The third kappa shape index (κ3) is 16.5. The minimum absolute atomic E-state index is 0. The van der Waals surface area contributed by atoms with E-state index in [1.165, 1.54) is 13.0 Å². The van der Waals surface area contributed by atoms with Gasteiger partial charge in [0, 0.05) is 5.92 Å². The summed E-state index contributed by atoms with van der Waals surface area (Å²) in [6, 6.07) is 0. The molecular weight excluding hydrogens is 146 g/mol. The van der Waals surface area contributed by atoms with Gasteiger partial charge in [0.15, 0.2) is 0 Å². The van der Waals surface area contributed by atoms with Crippen molar-refractivity contribution in [1.82, 2.24) is 0 Å². The normalized spacial score (nSPS) is 11.8. The zero-order valence-corrected chi connectivity index (χ0v) is 7.44. The van der Waals surface area contributed by atoms with Crippen LogP contribution < -0.4 is 0 Å². The molecule has 12 heavy (non-hydrogen) atoms. The molecule has 1 unspecified atom stereocenters. The maximum atomic E-state index is 2.31. The molecule has 1 heteroatoms. The Morgan fingerprint density at radius 1 is 1.00 bits per heavy atom. The van der Waals surface area contributed by atoms with E-state index in [1.54, 1.807) is 0 Å². The molecule has 0 rings (SSSR count). The van der Waals surface area contributed by atoms with E-state index in [2.05, 4.69) is 35.0 Å². The summed E-state index contributed by atoms with van der Waals surface area (Å²) in [6.07, 6.45) is 1.30. The van der Waals surface area contributed by atoms with Gasteiger partial charge < -0.3 is 4.48 Å². The Bertz CT molecular complexity index is 71.6. The number of rotatable bonds is 3. The fraction of sp³-hybridized carbons (Fsp3) is 1.00. The van der Waals surface area contributed by atoms with Crippen LogP contribution in [0.3, 0.4) is 0 Å². The van der Waals surface area contributed by atoms with E-state index in [1.807, 2.05) is 0 Å². The molecule has 0 saturated heterocycles. The molecular formula is C11H32N+. The van der Waals surface area contributed by atoms with Gasteiger partial charge in [-0.25, -0.2) is 0 Å². The molecule has 1 nitrogen and oxygen atoms in total. The highest BCUT2D eigenvalue weighted by Crippen LogP contribution is 2.04. The minimum atomic E-state index is 0. The Morgan fingerprint density at radius 2 is 1.33 bits per heavy atom. The lowest BCUT2D eigenvalue weighted by molar-refractivity contribution is -0.873. The van der Waals surface area contributed by atoms with Crippen LogP contribution in [0.25, 0.3) is 0 Å². The van der Waals surface area contributed by atoms with Crippen molar-refractivity contribution < 1.29 is 4.48 Å². The molecule has 1 atom stereocenters. The summed E-state index contributed by atoms with van der Waals surface area (Å²) >= 11 is 0. The smallest absolute Gasteiger partial charge is 0.0806 e. The van der Waals surface area contributed by atoms with E-state index < -0.39 is 0 Å². The zero-order valence-electron chi connectivity index (χ0n) is 7.44. The minimum Gasteiger partial charge on any atom is -0.331 e. The Labute approximate surface area is 81.4 Å². The molecule has 0 saturated carbocycles. The predicted octanol–water partition coefficient (Wildman–Crippen LogP) is 3.65. The van der Waals surface area contributed by atoms with Gasteiger partial charge in [0.05, 0.1) is 27.7 Å². The summed E-state index contributed by atoms with van der Waals surface area (Å²) in [7, 11) is 6.73. The molecule has 0 spiro atoms. The van der Waals surface area contributed by atoms with E-state index in [0.717, 1.165) is 10.4 Å². The quantitative estimate of drug-likeness (QED) is 0.579. The average molecular weight is 178 g/mol. The third-order valence-corrected chi connectivity index (χ3v) is 1.56. The lowest BCUT2D eigenvalue weighted by Gasteiger charge is -2.26. The van der Waals surface area contributed by atoms with Gasteiger partial charge in [-0.05, 0) is 6.42 Å². The first-order valence-corrected chi connectivity index (χ1v) is 3.76. The van der Waals surface area contributed by atoms with Crippen molar-refractivity contribution in [3.63, 3.8) is 0 Å². The third-order valence-electron chi connectivity index (χ3n) is 1.56. The molecule has 0 aliphatic carbocycles. The van der Waals surface area contributed by atoms with E-state index in [9.17, 15) is 0 Å². The van der Waals surface area contributed by atoms with Crippen LogP contribution in [-0.4, -0.2) is 32.2 Å². The molecule has 0 fully saturated rings. The van der Waals surface area contributed by atoms with Crippen molar-refractivity contribution in [3.05, 3.63) is 0 Å². The van der Waals surface area contributed by atoms with Gasteiger partial charge in [0.25, 0.3) is 0 Å². The van der Waals surface area contributed by atoms with Crippen LogP contribution in [0.5, 0.6) is 0 Å². The van der Waals surface area contributed by atoms with Crippen LogP contribution in [0.4, 0.5) is 0 Å². The molecule has 0 heterocycles. The molecule has 0 radical (unpaired) electrons. The highest BCUT2D eigenvalue weighted by Gasteiger charge is 2.10. The second-order valence-electron chi connectivity index (χ2n) is 3.99. The Morgan fingerprint density at radius 3 is 1.42 bits per heavy atom. The average Bonchev–Trinajstić information content (AvgIpc) is 1.62. The van der Waals surface area contributed by atoms with Gasteiger partial charge in [-0.1, -0.05) is 36.1 Å². The zero-order chi connectivity index (χ0) is 7.49. The summed E-state index contributed by atoms with van der Waals surface area (Å²) in [5.41, 5.74) is 0. The van der Waals surface area contributed by atoms with Crippen LogP contribution >= 0.6 is 0 Å². The number of nitrogens with zero attached hydrogens (tertiary/aromatic N) is 1. The maximum absolute atomic E-state index is 2.31.